The molecule has 0 spiro atoms. The van der Waals surface area contributed by atoms with E-state index in [2.05, 4.69) is 51.1 Å². The Morgan fingerprint density at radius 1 is 1.23 bits per heavy atom. The molecule has 2 aliphatic rings. The molecular weight excluding hydrogens is 346 g/mol. The molecule has 1 aromatic rings. The number of Topliss-reactive ketones (excluding diaryl/α,β-unsaturated/α-hetero) is 1. The van der Waals surface area contributed by atoms with Crippen LogP contribution in [0.4, 0.5) is 0 Å². The highest BCUT2D eigenvalue weighted by molar-refractivity contribution is 6.07. The summed E-state index contributed by atoms with van der Waals surface area (Å²) >= 11 is 0. The molecule has 2 bridgehead atoms. The van der Waals surface area contributed by atoms with Crippen molar-refractivity contribution in [3.63, 3.8) is 0 Å². The lowest BCUT2D eigenvalue weighted by Gasteiger charge is -2.31. The maximum absolute atomic E-state index is 12.9. The highest BCUT2D eigenvalue weighted by Crippen LogP contribution is 2.65. The molecule has 3 nitrogen and oxygen atoms in total. The van der Waals surface area contributed by atoms with Crippen molar-refractivity contribution in [3.05, 3.63) is 41.0 Å². The molecular formula is C22H32ClNO2. The van der Waals surface area contributed by atoms with Gasteiger partial charge >= 0.3 is 0 Å². The van der Waals surface area contributed by atoms with Gasteiger partial charge in [0, 0.05) is 5.41 Å². The lowest BCUT2D eigenvalue weighted by molar-refractivity contribution is -0.125. The summed E-state index contributed by atoms with van der Waals surface area (Å²) in [4.78, 5) is 15.0. The van der Waals surface area contributed by atoms with Crippen LogP contribution in [0.1, 0.15) is 51.7 Å². The molecule has 26 heavy (non-hydrogen) atoms. The van der Waals surface area contributed by atoms with Crippen LogP contribution in [0.15, 0.2) is 29.8 Å². The Labute approximate surface area is 164 Å². The second kappa shape index (κ2) is 7.46. The van der Waals surface area contributed by atoms with Gasteiger partial charge in [0.15, 0.2) is 5.78 Å². The molecule has 0 saturated heterocycles. The zero-order valence-corrected chi connectivity index (χ0v) is 17.7. The van der Waals surface area contributed by atoms with E-state index >= 15 is 0 Å². The van der Waals surface area contributed by atoms with Crippen molar-refractivity contribution in [1.29, 1.82) is 0 Å². The number of rotatable bonds is 5. The maximum atomic E-state index is 12.9. The van der Waals surface area contributed by atoms with Crippen molar-refractivity contribution in [2.45, 2.75) is 53.4 Å². The van der Waals surface area contributed by atoms with Crippen LogP contribution >= 0.6 is 12.4 Å². The average molecular weight is 378 g/mol. The van der Waals surface area contributed by atoms with E-state index in [1.165, 1.54) is 0 Å². The van der Waals surface area contributed by atoms with Gasteiger partial charge in [0.05, 0.1) is 6.61 Å². The molecule has 0 amide bonds. The third kappa shape index (κ3) is 3.37. The molecule has 2 fully saturated rings. The zero-order valence-electron chi connectivity index (χ0n) is 16.8. The second-order valence-electron chi connectivity index (χ2n) is 8.69. The number of hydrogen-bond acceptors (Lipinski definition) is 3. The number of carbonyl (C=O) groups is 1. The van der Waals surface area contributed by atoms with Gasteiger partial charge in [-0.05, 0) is 68.0 Å². The first kappa shape index (κ1) is 21.1. The Balaban J connectivity index is 0.00000243. The Kier molecular flexibility index (Phi) is 6.06. The van der Waals surface area contributed by atoms with E-state index in [1.54, 1.807) is 0 Å². The Morgan fingerprint density at radius 3 is 2.35 bits per heavy atom. The fraction of sp³-hybridized carbons (Fsp3) is 0.591. The minimum Gasteiger partial charge on any atom is -0.359 e. The van der Waals surface area contributed by atoms with Crippen LogP contribution in [0.5, 0.6) is 0 Å². The largest absolute Gasteiger partial charge is 0.359 e. The SMILES string of the molecule is CC(OCc1ccc(/C=C2\C(=O)C3(C)CCC2C3(C)C)cc1)N(C)C.Cl. The van der Waals surface area contributed by atoms with E-state index in [1.807, 2.05) is 25.9 Å². The number of hydrogen-bond donors (Lipinski definition) is 0. The van der Waals surface area contributed by atoms with Gasteiger partial charge in [0.2, 0.25) is 0 Å². The standard InChI is InChI=1S/C22H31NO2.ClH/c1-15(23(5)6)25-14-17-9-7-16(8-10-17)13-18-19-11-12-22(4,20(18)24)21(19,2)3;/h7-10,13,15,19H,11-12,14H2,1-6H3;1H/b18-13-;. The van der Waals surface area contributed by atoms with E-state index in [-0.39, 0.29) is 29.5 Å². The number of nitrogens with zero attached hydrogens (tertiary/aromatic N) is 1. The van der Waals surface area contributed by atoms with E-state index in [9.17, 15) is 4.79 Å². The van der Waals surface area contributed by atoms with Crippen molar-refractivity contribution in [1.82, 2.24) is 4.90 Å². The molecule has 3 atom stereocenters. The van der Waals surface area contributed by atoms with Crippen LogP contribution in [-0.4, -0.2) is 31.0 Å². The third-order valence-electron chi connectivity index (χ3n) is 6.89. The summed E-state index contributed by atoms with van der Waals surface area (Å²) in [5.41, 5.74) is 3.19. The van der Waals surface area contributed by atoms with Gasteiger partial charge in [-0.25, -0.2) is 0 Å². The summed E-state index contributed by atoms with van der Waals surface area (Å²) < 4.78 is 5.82. The lowest BCUT2D eigenvalue weighted by atomic mass is 9.70. The lowest BCUT2D eigenvalue weighted by Crippen LogP contribution is -2.32. The number of carbonyl (C=O) groups excluding carboxylic acids is 1. The molecule has 2 saturated carbocycles. The quantitative estimate of drug-likeness (QED) is 0.537. The van der Waals surface area contributed by atoms with Crippen LogP contribution in [-0.2, 0) is 16.1 Å². The molecule has 3 rings (SSSR count). The van der Waals surface area contributed by atoms with Gasteiger partial charge in [-0.3, -0.25) is 9.69 Å². The Bertz CT molecular complexity index is 693. The summed E-state index contributed by atoms with van der Waals surface area (Å²) in [6.45, 7) is 9.32. The van der Waals surface area contributed by atoms with Gasteiger partial charge in [0.1, 0.15) is 6.23 Å². The third-order valence-corrected chi connectivity index (χ3v) is 6.89. The number of ether oxygens (including phenoxy) is 1. The van der Waals surface area contributed by atoms with Crippen molar-refractivity contribution in [2.75, 3.05) is 14.1 Å². The second-order valence-corrected chi connectivity index (χ2v) is 8.69. The van der Waals surface area contributed by atoms with Gasteiger partial charge in [-0.15, -0.1) is 12.4 Å². The summed E-state index contributed by atoms with van der Waals surface area (Å²) in [6.07, 6.45) is 4.37. The van der Waals surface area contributed by atoms with E-state index < -0.39 is 0 Å². The number of allylic oxidation sites excluding steroid dienone is 1. The first-order valence-corrected chi connectivity index (χ1v) is 9.30. The normalized spacial score (nSPS) is 29.3. The van der Waals surface area contributed by atoms with Crippen molar-refractivity contribution < 1.29 is 9.53 Å². The summed E-state index contributed by atoms with van der Waals surface area (Å²) in [7, 11) is 4.02. The first-order valence-electron chi connectivity index (χ1n) is 9.30. The highest BCUT2D eigenvalue weighted by Gasteiger charge is 2.63. The average Bonchev–Trinajstić information content (AvgIpc) is 2.87. The highest BCUT2D eigenvalue weighted by atomic mass is 35.5. The molecule has 0 radical (unpaired) electrons. The number of fused-ring (bicyclic) bond motifs is 2. The van der Waals surface area contributed by atoms with Gasteiger partial charge in [-0.1, -0.05) is 45.0 Å². The van der Waals surface area contributed by atoms with Crippen LogP contribution in [0.2, 0.25) is 0 Å². The predicted octanol–water partition coefficient (Wildman–Crippen LogP) is 4.94. The molecule has 4 heteroatoms. The number of ketones is 1. The molecule has 2 aliphatic carbocycles. The molecule has 0 N–H and O–H groups in total. The molecule has 3 unspecified atom stereocenters. The van der Waals surface area contributed by atoms with E-state index in [0.717, 1.165) is 29.5 Å². The van der Waals surface area contributed by atoms with Crippen LogP contribution in [0.3, 0.4) is 0 Å². The topological polar surface area (TPSA) is 29.5 Å². The Hall–Kier alpha value is -1.16. The fourth-order valence-corrected chi connectivity index (χ4v) is 4.35. The smallest absolute Gasteiger partial charge is 0.165 e. The summed E-state index contributed by atoms with van der Waals surface area (Å²) in [5.74, 6) is 0.759. The monoisotopic (exact) mass is 377 g/mol. The zero-order chi connectivity index (χ0) is 18.4. The molecule has 144 valence electrons. The Morgan fingerprint density at radius 2 is 1.85 bits per heavy atom. The van der Waals surface area contributed by atoms with Crippen LogP contribution in [0.25, 0.3) is 6.08 Å². The maximum Gasteiger partial charge on any atom is 0.165 e. The summed E-state index contributed by atoms with van der Waals surface area (Å²) in [5, 5.41) is 0. The molecule has 0 aromatic heterocycles. The molecule has 0 heterocycles. The number of benzene rings is 1. The fourth-order valence-electron chi connectivity index (χ4n) is 4.35. The minimum atomic E-state index is -0.181. The number of halogens is 1. The van der Waals surface area contributed by atoms with Gasteiger partial charge in [0.25, 0.3) is 0 Å². The van der Waals surface area contributed by atoms with Crippen LogP contribution in [0, 0.1) is 16.7 Å². The van der Waals surface area contributed by atoms with Gasteiger partial charge in [-0.2, -0.15) is 0 Å². The molecule has 0 aliphatic heterocycles. The minimum absolute atomic E-state index is 0. The summed E-state index contributed by atoms with van der Waals surface area (Å²) in [6, 6.07) is 8.39. The molecule has 1 aromatic carbocycles. The van der Waals surface area contributed by atoms with Crippen molar-refractivity contribution in [3.8, 4) is 0 Å². The van der Waals surface area contributed by atoms with Crippen molar-refractivity contribution in [2.24, 2.45) is 16.7 Å². The van der Waals surface area contributed by atoms with Crippen molar-refractivity contribution >= 4 is 24.3 Å². The predicted molar refractivity (Wildman–Crippen MR) is 109 cm³/mol. The van der Waals surface area contributed by atoms with Crippen LogP contribution < -0.4 is 0 Å². The van der Waals surface area contributed by atoms with E-state index in [4.69, 9.17) is 4.74 Å². The first-order chi connectivity index (χ1) is 11.7. The van der Waals surface area contributed by atoms with Gasteiger partial charge < -0.3 is 4.74 Å². The van der Waals surface area contributed by atoms with E-state index in [0.29, 0.717) is 18.3 Å².